The molecule has 0 heterocycles. The molecule has 2 atom stereocenters. The van der Waals surface area contributed by atoms with Crippen molar-refractivity contribution < 1.29 is 9.53 Å². The van der Waals surface area contributed by atoms with Gasteiger partial charge in [-0.1, -0.05) is 20.8 Å². The molecular weight excluding hydrogens is 270 g/mol. The smallest absolute Gasteiger partial charge is 0.327 e. The van der Waals surface area contributed by atoms with Gasteiger partial charge in [-0.15, -0.1) is 0 Å². The lowest BCUT2D eigenvalue weighted by molar-refractivity contribution is -0.151. The summed E-state index contributed by atoms with van der Waals surface area (Å²) in [6.07, 6.45) is 2.27. The van der Waals surface area contributed by atoms with Crippen molar-refractivity contribution in [2.75, 3.05) is 12.4 Å². The molecule has 1 N–H and O–H groups in total. The van der Waals surface area contributed by atoms with Gasteiger partial charge < -0.3 is 4.74 Å². The highest BCUT2D eigenvalue weighted by Crippen LogP contribution is 2.43. The Morgan fingerprint density at radius 2 is 1.90 bits per heavy atom. The average molecular weight is 301 g/mol. The maximum absolute atomic E-state index is 12.6. The Kier molecular flexibility index (Phi) is 6.86. The predicted octanol–water partition coefficient (Wildman–Crippen LogP) is 3.47. The Morgan fingerprint density at radius 1 is 1.30 bits per heavy atom. The van der Waals surface area contributed by atoms with Crippen LogP contribution in [0.25, 0.3) is 0 Å². The number of nitrogens with one attached hydrogen (secondary N) is 1. The molecule has 1 aliphatic carbocycles. The van der Waals surface area contributed by atoms with Crippen molar-refractivity contribution in [3.8, 4) is 0 Å². The van der Waals surface area contributed by atoms with E-state index in [0.29, 0.717) is 23.7 Å². The summed E-state index contributed by atoms with van der Waals surface area (Å²) < 4.78 is 5.39. The van der Waals surface area contributed by atoms with Gasteiger partial charge in [0.15, 0.2) is 0 Å². The molecule has 1 rings (SSSR count). The predicted molar refractivity (Wildman–Crippen MR) is 87.1 cm³/mol. The Morgan fingerprint density at radius 3 is 2.30 bits per heavy atom. The first kappa shape index (κ1) is 17.8. The van der Waals surface area contributed by atoms with Crippen molar-refractivity contribution in [2.24, 2.45) is 11.8 Å². The molecule has 1 fully saturated rings. The van der Waals surface area contributed by atoms with Crippen LogP contribution in [0.5, 0.6) is 0 Å². The highest BCUT2D eigenvalue weighted by molar-refractivity contribution is 8.00. The molecule has 20 heavy (non-hydrogen) atoms. The lowest BCUT2D eigenvalue weighted by Gasteiger charge is -2.35. The number of ether oxygens (including phenoxy) is 1. The number of hydrogen-bond donors (Lipinski definition) is 1. The second-order valence-corrected chi connectivity index (χ2v) is 7.89. The normalized spacial score (nSPS) is 20.0. The number of esters is 1. The molecule has 3 nitrogen and oxygen atoms in total. The first-order valence-corrected chi connectivity index (χ1v) is 8.94. The minimum Gasteiger partial charge on any atom is -0.465 e. The summed E-state index contributed by atoms with van der Waals surface area (Å²) in [7, 11) is 0. The molecule has 118 valence electrons. The summed E-state index contributed by atoms with van der Waals surface area (Å²) in [5, 5.41) is 4.09. The van der Waals surface area contributed by atoms with Crippen LogP contribution in [-0.2, 0) is 9.53 Å². The minimum absolute atomic E-state index is 0.0559. The number of thioether (sulfide) groups is 1. The molecule has 0 aliphatic heterocycles. The Bertz CT molecular complexity index is 316. The third-order valence-electron chi connectivity index (χ3n) is 3.97. The SMILES string of the molecule is CCOC(=O)C(CSC(C)C(C)C)(NC(C)C)C1CC1. The Labute approximate surface area is 128 Å². The third-order valence-corrected chi connectivity index (χ3v) is 5.67. The van der Waals surface area contributed by atoms with Gasteiger partial charge in [0.05, 0.1) is 6.61 Å². The topological polar surface area (TPSA) is 38.3 Å². The lowest BCUT2D eigenvalue weighted by atomic mass is 9.94. The van der Waals surface area contributed by atoms with Gasteiger partial charge in [0.25, 0.3) is 0 Å². The molecule has 0 amide bonds. The van der Waals surface area contributed by atoms with Crippen LogP contribution in [-0.4, -0.2) is 35.2 Å². The summed E-state index contributed by atoms with van der Waals surface area (Å²) in [4.78, 5) is 12.6. The fraction of sp³-hybridized carbons (Fsp3) is 0.938. The van der Waals surface area contributed by atoms with E-state index in [1.165, 1.54) is 0 Å². The van der Waals surface area contributed by atoms with Gasteiger partial charge >= 0.3 is 5.97 Å². The lowest BCUT2D eigenvalue weighted by Crippen LogP contribution is -2.59. The van der Waals surface area contributed by atoms with E-state index in [1.54, 1.807) is 0 Å². The fourth-order valence-corrected chi connectivity index (χ4v) is 3.72. The van der Waals surface area contributed by atoms with Gasteiger partial charge in [0, 0.05) is 17.0 Å². The number of hydrogen-bond acceptors (Lipinski definition) is 4. The second-order valence-electron chi connectivity index (χ2n) is 6.53. The number of carbonyl (C=O) groups is 1. The molecule has 0 aromatic rings. The van der Waals surface area contributed by atoms with Crippen molar-refractivity contribution in [1.29, 1.82) is 0 Å². The van der Waals surface area contributed by atoms with Crippen molar-refractivity contribution in [2.45, 2.75) is 71.2 Å². The molecule has 0 aromatic carbocycles. The van der Waals surface area contributed by atoms with Gasteiger partial charge in [-0.3, -0.25) is 10.1 Å². The summed E-state index contributed by atoms with van der Waals surface area (Å²) in [6.45, 7) is 13.3. The van der Waals surface area contributed by atoms with E-state index < -0.39 is 5.54 Å². The Balaban J connectivity index is 2.83. The monoisotopic (exact) mass is 301 g/mol. The van der Waals surface area contributed by atoms with Crippen LogP contribution in [0.4, 0.5) is 0 Å². The van der Waals surface area contributed by atoms with Crippen LogP contribution in [0.1, 0.15) is 54.4 Å². The van der Waals surface area contributed by atoms with Crippen LogP contribution >= 0.6 is 11.8 Å². The molecule has 0 radical (unpaired) electrons. The third kappa shape index (κ3) is 4.66. The number of rotatable bonds is 9. The van der Waals surface area contributed by atoms with Gasteiger partial charge in [0.2, 0.25) is 0 Å². The van der Waals surface area contributed by atoms with Crippen molar-refractivity contribution in [3.63, 3.8) is 0 Å². The molecule has 0 bridgehead atoms. The van der Waals surface area contributed by atoms with Crippen LogP contribution in [0.15, 0.2) is 0 Å². The first-order chi connectivity index (χ1) is 9.33. The zero-order chi connectivity index (χ0) is 15.3. The van der Waals surface area contributed by atoms with Crippen LogP contribution < -0.4 is 5.32 Å². The molecule has 0 aromatic heterocycles. The van der Waals surface area contributed by atoms with E-state index in [4.69, 9.17) is 4.74 Å². The summed E-state index contributed by atoms with van der Waals surface area (Å²) in [6, 6.07) is 0.287. The van der Waals surface area contributed by atoms with Crippen molar-refractivity contribution in [1.82, 2.24) is 5.32 Å². The van der Waals surface area contributed by atoms with Gasteiger partial charge in [0.1, 0.15) is 5.54 Å². The highest BCUT2D eigenvalue weighted by Gasteiger charge is 2.52. The highest BCUT2D eigenvalue weighted by atomic mass is 32.2. The largest absolute Gasteiger partial charge is 0.465 e. The maximum Gasteiger partial charge on any atom is 0.327 e. The van der Waals surface area contributed by atoms with E-state index in [-0.39, 0.29) is 12.0 Å². The van der Waals surface area contributed by atoms with E-state index in [1.807, 2.05) is 18.7 Å². The summed E-state index contributed by atoms with van der Waals surface area (Å²) >= 11 is 1.89. The maximum atomic E-state index is 12.6. The zero-order valence-corrected chi connectivity index (χ0v) is 14.7. The molecule has 0 saturated heterocycles. The average Bonchev–Trinajstić information content (AvgIpc) is 3.18. The van der Waals surface area contributed by atoms with Gasteiger partial charge in [-0.05, 0) is 45.4 Å². The number of carbonyl (C=O) groups excluding carboxylic acids is 1. The summed E-state index contributed by atoms with van der Waals surface area (Å²) in [5.74, 6) is 1.82. The molecule has 1 aliphatic rings. The molecular formula is C16H31NO2S. The molecule has 2 unspecified atom stereocenters. The second kappa shape index (κ2) is 7.69. The van der Waals surface area contributed by atoms with E-state index >= 15 is 0 Å². The van der Waals surface area contributed by atoms with E-state index in [2.05, 4.69) is 39.9 Å². The zero-order valence-electron chi connectivity index (χ0n) is 13.9. The fourth-order valence-electron chi connectivity index (χ4n) is 2.37. The minimum atomic E-state index is -0.488. The van der Waals surface area contributed by atoms with Crippen LogP contribution in [0.3, 0.4) is 0 Å². The molecule has 1 saturated carbocycles. The van der Waals surface area contributed by atoms with E-state index in [0.717, 1.165) is 18.6 Å². The van der Waals surface area contributed by atoms with Crippen molar-refractivity contribution >= 4 is 17.7 Å². The van der Waals surface area contributed by atoms with Gasteiger partial charge in [-0.25, -0.2) is 0 Å². The summed E-state index contributed by atoms with van der Waals surface area (Å²) in [5.41, 5.74) is -0.488. The standard InChI is InChI=1S/C16H31NO2S/c1-7-19-15(18)16(14-8-9-14,17-12(4)5)10-20-13(6)11(2)3/h11-14,17H,7-10H2,1-6H3. The van der Waals surface area contributed by atoms with Crippen molar-refractivity contribution in [3.05, 3.63) is 0 Å². The molecule has 4 heteroatoms. The van der Waals surface area contributed by atoms with Gasteiger partial charge in [-0.2, -0.15) is 11.8 Å². The van der Waals surface area contributed by atoms with Crippen LogP contribution in [0.2, 0.25) is 0 Å². The van der Waals surface area contributed by atoms with Crippen LogP contribution in [0, 0.1) is 11.8 Å². The Hall–Kier alpha value is -0.220. The first-order valence-electron chi connectivity index (χ1n) is 7.90. The van der Waals surface area contributed by atoms with E-state index in [9.17, 15) is 4.79 Å². The quantitative estimate of drug-likeness (QED) is 0.662. The molecule has 0 spiro atoms.